The molecule has 0 saturated heterocycles. The van der Waals surface area contributed by atoms with Crippen LogP contribution in [-0.4, -0.2) is 14.8 Å². The van der Waals surface area contributed by atoms with Crippen LogP contribution in [0.2, 0.25) is 0 Å². The van der Waals surface area contributed by atoms with E-state index in [4.69, 9.17) is 14.2 Å². The quantitative estimate of drug-likeness (QED) is 0.185. The molecule has 0 amide bonds. The molecule has 0 atom stereocenters. The highest BCUT2D eigenvalue weighted by molar-refractivity contribution is 9.10. The van der Waals surface area contributed by atoms with Crippen LogP contribution in [0.1, 0.15) is 11.1 Å². The van der Waals surface area contributed by atoms with Crippen molar-refractivity contribution in [2.45, 2.75) is 16.6 Å². The third-order valence-electron chi connectivity index (χ3n) is 4.78. The highest BCUT2D eigenvalue weighted by Gasteiger charge is 2.51. The van der Waals surface area contributed by atoms with E-state index in [0.29, 0.717) is 28.0 Å². The van der Waals surface area contributed by atoms with Crippen LogP contribution in [0.4, 0.5) is 8.78 Å². The molecule has 0 aliphatic carbocycles. The van der Waals surface area contributed by atoms with Gasteiger partial charge >= 0.3 is 13.3 Å². The molecule has 0 bridgehead atoms. The fraction of sp³-hybridized carbons (Fsp3) is 0.0870. The van der Waals surface area contributed by atoms with Crippen LogP contribution in [-0.2, 0) is 16.0 Å². The lowest BCUT2D eigenvalue weighted by molar-refractivity contribution is 0.0557. The van der Waals surface area contributed by atoms with Crippen LogP contribution < -0.4 is 0 Å². The van der Waals surface area contributed by atoms with Crippen LogP contribution in [0.5, 0.6) is 0 Å². The lowest BCUT2D eigenvalue weighted by atomic mass is 10.1. The third kappa shape index (κ3) is 5.13. The van der Waals surface area contributed by atoms with Crippen molar-refractivity contribution >= 4 is 35.3 Å². The summed E-state index contributed by atoms with van der Waals surface area (Å²) >= 11 is 4.29. The van der Waals surface area contributed by atoms with Gasteiger partial charge in [0.15, 0.2) is 5.76 Å². The highest BCUT2D eigenvalue weighted by Crippen LogP contribution is 2.60. The van der Waals surface area contributed by atoms with Crippen molar-refractivity contribution in [2.75, 3.05) is 0 Å². The molecule has 1 heterocycles. The summed E-state index contributed by atoms with van der Waals surface area (Å²) in [6, 6.07) is 23.0. The average Bonchev–Trinajstić information content (AvgIpc) is 3.22. The first-order chi connectivity index (χ1) is 15.7. The second-order valence-corrected chi connectivity index (χ2v) is 10.5. The minimum absolute atomic E-state index is 0.0868. The van der Waals surface area contributed by atoms with E-state index in [-0.39, 0.29) is 4.47 Å². The molecule has 2 N–H and O–H groups in total. The van der Waals surface area contributed by atoms with Crippen LogP contribution in [0, 0.1) is 0 Å². The minimum atomic E-state index is -5.65. The molecule has 4 aromatic rings. The van der Waals surface area contributed by atoms with Gasteiger partial charge in [0.25, 0.3) is 5.22 Å². The summed E-state index contributed by atoms with van der Waals surface area (Å²) in [6.07, 6.45) is 0. The molecule has 5 nitrogen and oxygen atoms in total. The molecule has 0 aliphatic heterocycles. The monoisotopic (exact) mass is 551 g/mol. The zero-order valence-corrected chi connectivity index (χ0v) is 20.2. The first-order valence-electron chi connectivity index (χ1n) is 9.63. The normalized spacial score (nSPS) is 12.2. The Balaban J connectivity index is 1.60. The molecule has 3 aromatic carbocycles. The van der Waals surface area contributed by atoms with Gasteiger partial charge in [0.1, 0.15) is 5.69 Å². The van der Waals surface area contributed by atoms with Gasteiger partial charge in [-0.15, -0.1) is 0 Å². The Morgan fingerprint density at radius 3 is 2.15 bits per heavy atom. The Morgan fingerprint density at radius 2 is 1.58 bits per heavy atom. The number of alkyl halides is 2. The Bertz CT molecular complexity index is 1260. The Morgan fingerprint density at radius 1 is 0.970 bits per heavy atom. The summed E-state index contributed by atoms with van der Waals surface area (Å²) in [5, 5.41) is 0.411. The van der Waals surface area contributed by atoms with Crippen molar-refractivity contribution in [3.05, 3.63) is 94.5 Å². The predicted molar refractivity (Wildman–Crippen MR) is 127 cm³/mol. The molecular formula is C23H17BrF2NO4PS. The first kappa shape index (κ1) is 23.9. The van der Waals surface area contributed by atoms with Crippen LogP contribution in [0.15, 0.2) is 93.0 Å². The van der Waals surface area contributed by atoms with E-state index in [2.05, 4.69) is 20.9 Å². The van der Waals surface area contributed by atoms with Crippen molar-refractivity contribution in [1.82, 2.24) is 4.98 Å². The molecule has 0 unspecified atom stereocenters. The second kappa shape index (κ2) is 9.52. The third-order valence-corrected chi connectivity index (χ3v) is 7.30. The van der Waals surface area contributed by atoms with Crippen molar-refractivity contribution in [1.29, 1.82) is 0 Å². The Labute approximate surface area is 201 Å². The number of aromatic nitrogens is 1. The SMILES string of the molecule is O=P(O)(O)C(F)(F)c1ccc(CSc2nc(-c3ccccc3)c(-c3ccccc3)o2)cc1Br. The van der Waals surface area contributed by atoms with Crippen molar-refractivity contribution in [2.24, 2.45) is 0 Å². The molecule has 170 valence electrons. The fourth-order valence-electron chi connectivity index (χ4n) is 3.13. The largest absolute Gasteiger partial charge is 0.431 e. The fourth-order valence-corrected chi connectivity index (χ4v) is 5.24. The highest BCUT2D eigenvalue weighted by atomic mass is 79.9. The number of oxazole rings is 1. The summed E-state index contributed by atoms with van der Waals surface area (Å²) in [5.74, 6) is 0.977. The maximum absolute atomic E-state index is 14.1. The Kier molecular flexibility index (Phi) is 6.88. The summed E-state index contributed by atoms with van der Waals surface area (Å²) in [4.78, 5) is 22.6. The first-order valence-corrected chi connectivity index (χ1v) is 13.0. The van der Waals surface area contributed by atoms with E-state index < -0.39 is 18.8 Å². The molecule has 0 radical (unpaired) electrons. The molecule has 33 heavy (non-hydrogen) atoms. The van der Waals surface area contributed by atoms with Gasteiger partial charge in [-0.3, -0.25) is 4.57 Å². The predicted octanol–water partition coefficient (Wildman–Crippen LogP) is 7.29. The molecule has 0 saturated carbocycles. The van der Waals surface area contributed by atoms with Gasteiger partial charge in [-0.25, -0.2) is 4.98 Å². The van der Waals surface area contributed by atoms with Crippen LogP contribution in [0.3, 0.4) is 0 Å². The molecule has 1 aromatic heterocycles. The van der Waals surface area contributed by atoms with Crippen LogP contribution >= 0.6 is 35.3 Å². The number of halogens is 3. The summed E-state index contributed by atoms with van der Waals surface area (Å²) in [7, 11) is -5.65. The number of benzene rings is 3. The van der Waals surface area contributed by atoms with Gasteiger partial charge in [-0.2, -0.15) is 8.78 Å². The zero-order chi connectivity index (χ0) is 23.6. The Hall–Kier alpha value is -2.29. The minimum Gasteiger partial charge on any atom is -0.431 e. The second-order valence-electron chi connectivity index (χ2n) is 7.08. The van der Waals surface area contributed by atoms with Gasteiger partial charge in [0, 0.05) is 26.9 Å². The molecule has 0 spiro atoms. The van der Waals surface area contributed by atoms with E-state index in [9.17, 15) is 13.3 Å². The topological polar surface area (TPSA) is 83.6 Å². The van der Waals surface area contributed by atoms with Crippen LogP contribution in [0.25, 0.3) is 22.6 Å². The molecule has 0 aliphatic rings. The molecule has 10 heteroatoms. The van der Waals surface area contributed by atoms with E-state index in [0.717, 1.165) is 17.2 Å². The maximum Gasteiger partial charge on any atom is 0.399 e. The number of thioether (sulfide) groups is 1. The van der Waals surface area contributed by atoms with E-state index >= 15 is 0 Å². The van der Waals surface area contributed by atoms with Gasteiger partial charge in [0.2, 0.25) is 0 Å². The number of hydrogen-bond acceptors (Lipinski definition) is 4. The lowest BCUT2D eigenvalue weighted by Gasteiger charge is -2.19. The molecular weight excluding hydrogens is 535 g/mol. The van der Waals surface area contributed by atoms with E-state index in [1.54, 1.807) is 0 Å². The van der Waals surface area contributed by atoms with Crippen molar-refractivity contribution < 1.29 is 27.5 Å². The average molecular weight is 552 g/mol. The number of rotatable bonds is 7. The van der Waals surface area contributed by atoms with E-state index in [1.807, 2.05) is 60.7 Å². The number of hydrogen-bond donors (Lipinski definition) is 2. The van der Waals surface area contributed by atoms with Gasteiger partial charge in [-0.05, 0) is 11.6 Å². The number of nitrogens with zero attached hydrogens (tertiary/aromatic N) is 1. The lowest BCUT2D eigenvalue weighted by Crippen LogP contribution is -2.14. The van der Waals surface area contributed by atoms with Crippen molar-refractivity contribution in [3.63, 3.8) is 0 Å². The van der Waals surface area contributed by atoms with Crippen molar-refractivity contribution in [3.8, 4) is 22.6 Å². The molecule has 0 fully saturated rings. The zero-order valence-electron chi connectivity index (χ0n) is 16.9. The van der Waals surface area contributed by atoms with E-state index in [1.165, 1.54) is 23.9 Å². The van der Waals surface area contributed by atoms with Gasteiger partial charge in [0.05, 0.1) is 0 Å². The van der Waals surface area contributed by atoms with Gasteiger partial charge in [-0.1, -0.05) is 100 Å². The summed E-state index contributed by atoms with van der Waals surface area (Å²) in [6.45, 7) is 0. The maximum atomic E-state index is 14.1. The summed E-state index contributed by atoms with van der Waals surface area (Å²) < 4.78 is 45.2. The summed E-state index contributed by atoms with van der Waals surface area (Å²) in [5.41, 5.74) is -1.92. The molecule has 4 rings (SSSR count). The smallest absolute Gasteiger partial charge is 0.399 e. The standard InChI is InChI=1S/C23H17BrF2NO4PS/c24-19-13-15(11-12-18(19)23(25,26)32(28,29)30)14-33-22-27-20(16-7-3-1-4-8-16)21(31-22)17-9-5-2-6-10-17/h1-13H,14H2,(H2,28,29,30). The van der Waals surface area contributed by atoms with Gasteiger partial charge < -0.3 is 14.2 Å².